The lowest BCUT2D eigenvalue weighted by molar-refractivity contribution is -0.132. The van der Waals surface area contributed by atoms with E-state index in [0.29, 0.717) is 31.6 Å². The SMILES string of the molecule is COc1ccc(NC(=O)CSCC(=O)N2CCC(C(N)=O)CC2)cc1. The van der Waals surface area contributed by atoms with Crippen molar-refractivity contribution in [3.8, 4) is 5.75 Å². The first-order valence-electron chi connectivity index (χ1n) is 8.08. The molecule has 7 nitrogen and oxygen atoms in total. The molecule has 1 aliphatic rings. The van der Waals surface area contributed by atoms with E-state index in [1.807, 2.05) is 0 Å². The van der Waals surface area contributed by atoms with Crippen molar-refractivity contribution in [2.75, 3.05) is 37.0 Å². The number of ether oxygens (including phenoxy) is 1. The number of rotatable bonds is 7. The molecule has 0 radical (unpaired) electrons. The van der Waals surface area contributed by atoms with Crippen LogP contribution in [-0.4, -0.2) is 54.3 Å². The summed E-state index contributed by atoms with van der Waals surface area (Å²) in [4.78, 5) is 36.9. The molecule has 0 atom stereocenters. The zero-order valence-electron chi connectivity index (χ0n) is 14.2. The summed E-state index contributed by atoms with van der Waals surface area (Å²) >= 11 is 1.28. The molecule has 25 heavy (non-hydrogen) atoms. The Morgan fingerprint density at radius 1 is 1.20 bits per heavy atom. The standard InChI is InChI=1S/C17H23N3O4S/c1-24-14-4-2-13(3-5-14)19-15(21)10-25-11-16(22)20-8-6-12(7-9-20)17(18)23/h2-5,12H,6-11H2,1H3,(H2,18,23)(H,19,21). The van der Waals surface area contributed by atoms with Gasteiger partial charge in [0, 0.05) is 24.7 Å². The minimum Gasteiger partial charge on any atom is -0.497 e. The second-order valence-corrected chi connectivity index (χ2v) is 6.81. The van der Waals surface area contributed by atoms with Crippen molar-refractivity contribution in [1.82, 2.24) is 4.90 Å². The van der Waals surface area contributed by atoms with Crippen molar-refractivity contribution >= 4 is 35.2 Å². The summed E-state index contributed by atoms with van der Waals surface area (Å²) in [6.45, 7) is 1.09. The fraction of sp³-hybridized carbons (Fsp3) is 0.471. The van der Waals surface area contributed by atoms with Crippen LogP contribution in [-0.2, 0) is 14.4 Å². The van der Waals surface area contributed by atoms with Gasteiger partial charge >= 0.3 is 0 Å². The third kappa shape index (κ3) is 5.97. The lowest BCUT2D eigenvalue weighted by atomic mass is 9.96. The van der Waals surface area contributed by atoms with Crippen molar-refractivity contribution in [1.29, 1.82) is 0 Å². The lowest BCUT2D eigenvalue weighted by Crippen LogP contribution is -2.42. The first kappa shape index (κ1) is 19.1. The summed E-state index contributed by atoms with van der Waals surface area (Å²) in [5.41, 5.74) is 5.97. The van der Waals surface area contributed by atoms with Crippen LogP contribution in [0.2, 0.25) is 0 Å². The minimum absolute atomic E-state index is 0.00910. The Hall–Kier alpha value is -2.22. The Bertz CT molecular complexity index is 613. The second-order valence-electron chi connectivity index (χ2n) is 5.83. The summed E-state index contributed by atoms with van der Waals surface area (Å²) in [5.74, 6) is 0.578. The molecule has 0 spiro atoms. The van der Waals surface area contributed by atoms with Crippen LogP contribution >= 0.6 is 11.8 Å². The molecule has 2 rings (SSSR count). The first-order chi connectivity index (χ1) is 12.0. The number of amides is 3. The molecule has 3 N–H and O–H groups in total. The number of benzene rings is 1. The van der Waals surface area contributed by atoms with Gasteiger partial charge in [-0.05, 0) is 37.1 Å². The Kier molecular flexibility index (Phi) is 7.12. The van der Waals surface area contributed by atoms with Crippen LogP contribution in [0, 0.1) is 5.92 Å². The molecular formula is C17H23N3O4S. The lowest BCUT2D eigenvalue weighted by Gasteiger charge is -2.30. The summed E-state index contributed by atoms with van der Waals surface area (Å²) in [7, 11) is 1.58. The van der Waals surface area contributed by atoms with Crippen molar-refractivity contribution in [3.05, 3.63) is 24.3 Å². The average molecular weight is 365 g/mol. The van der Waals surface area contributed by atoms with Gasteiger partial charge in [-0.15, -0.1) is 11.8 Å². The number of likely N-dealkylation sites (tertiary alicyclic amines) is 1. The highest BCUT2D eigenvalue weighted by Crippen LogP contribution is 2.18. The largest absolute Gasteiger partial charge is 0.497 e. The maximum Gasteiger partial charge on any atom is 0.234 e. The van der Waals surface area contributed by atoms with E-state index in [1.54, 1.807) is 36.3 Å². The number of nitrogens with zero attached hydrogens (tertiary/aromatic N) is 1. The Labute approximate surface area is 151 Å². The second kappa shape index (κ2) is 9.31. The highest BCUT2D eigenvalue weighted by molar-refractivity contribution is 8.00. The van der Waals surface area contributed by atoms with Gasteiger partial charge in [0.25, 0.3) is 0 Å². The van der Waals surface area contributed by atoms with Gasteiger partial charge in [-0.3, -0.25) is 14.4 Å². The molecule has 0 aromatic heterocycles. The Morgan fingerprint density at radius 3 is 2.40 bits per heavy atom. The molecule has 1 saturated heterocycles. The van der Waals surface area contributed by atoms with Gasteiger partial charge in [-0.1, -0.05) is 0 Å². The van der Waals surface area contributed by atoms with Gasteiger partial charge in [-0.2, -0.15) is 0 Å². The van der Waals surface area contributed by atoms with Gasteiger partial charge in [0.05, 0.1) is 18.6 Å². The summed E-state index contributed by atoms with van der Waals surface area (Å²) < 4.78 is 5.06. The number of piperidine rings is 1. The molecule has 136 valence electrons. The van der Waals surface area contributed by atoms with Crippen LogP contribution in [0.15, 0.2) is 24.3 Å². The molecule has 1 aliphatic heterocycles. The van der Waals surface area contributed by atoms with Gasteiger partial charge in [0.15, 0.2) is 0 Å². The van der Waals surface area contributed by atoms with Crippen LogP contribution in [0.25, 0.3) is 0 Å². The number of anilines is 1. The predicted octanol–water partition coefficient (Wildman–Crippen LogP) is 1.09. The molecule has 8 heteroatoms. The van der Waals surface area contributed by atoms with Crippen molar-refractivity contribution in [2.45, 2.75) is 12.8 Å². The van der Waals surface area contributed by atoms with Crippen molar-refractivity contribution in [2.24, 2.45) is 11.7 Å². The maximum atomic E-state index is 12.1. The molecule has 0 unspecified atom stereocenters. The van der Waals surface area contributed by atoms with E-state index in [1.165, 1.54) is 11.8 Å². The Morgan fingerprint density at radius 2 is 1.84 bits per heavy atom. The van der Waals surface area contributed by atoms with Crippen LogP contribution in [0.3, 0.4) is 0 Å². The van der Waals surface area contributed by atoms with E-state index in [0.717, 1.165) is 5.75 Å². The summed E-state index contributed by atoms with van der Waals surface area (Å²) in [5, 5.41) is 2.77. The number of hydrogen-bond acceptors (Lipinski definition) is 5. The summed E-state index contributed by atoms with van der Waals surface area (Å²) in [6, 6.07) is 7.05. The van der Waals surface area contributed by atoms with Crippen molar-refractivity contribution in [3.63, 3.8) is 0 Å². The number of carbonyl (C=O) groups excluding carboxylic acids is 3. The highest BCUT2D eigenvalue weighted by atomic mass is 32.2. The highest BCUT2D eigenvalue weighted by Gasteiger charge is 2.25. The maximum absolute atomic E-state index is 12.1. The fourth-order valence-electron chi connectivity index (χ4n) is 2.61. The number of nitrogens with one attached hydrogen (secondary N) is 1. The number of methoxy groups -OCH3 is 1. The minimum atomic E-state index is -0.295. The number of hydrogen-bond donors (Lipinski definition) is 2. The monoisotopic (exact) mass is 365 g/mol. The van der Waals surface area contributed by atoms with E-state index in [2.05, 4.69) is 5.32 Å². The molecule has 1 aromatic carbocycles. The molecule has 3 amide bonds. The molecule has 1 aromatic rings. The molecule has 0 bridgehead atoms. The smallest absolute Gasteiger partial charge is 0.234 e. The van der Waals surface area contributed by atoms with Gasteiger partial charge < -0.3 is 20.7 Å². The third-order valence-electron chi connectivity index (χ3n) is 4.08. The fourth-order valence-corrected chi connectivity index (χ4v) is 3.32. The topological polar surface area (TPSA) is 102 Å². The van der Waals surface area contributed by atoms with Crippen LogP contribution in [0.4, 0.5) is 5.69 Å². The molecule has 1 heterocycles. The quantitative estimate of drug-likeness (QED) is 0.753. The average Bonchev–Trinajstić information content (AvgIpc) is 2.62. The third-order valence-corrected chi connectivity index (χ3v) is 5.00. The van der Waals surface area contributed by atoms with Crippen molar-refractivity contribution < 1.29 is 19.1 Å². The zero-order valence-corrected chi connectivity index (χ0v) is 15.0. The van der Waals surface area contributed by atoms with Crippen LogP contribution in [0.1, 0.15) is 12.8 Å². The number of primary amides is 1. The Balaban J connectivity index is 1.66. The first-order valence-corrected chi connectivity index (χ1v) is 9.24. The summed E-state index contributed by atoms with van der Waals surface area (Å²) in [6.07, 6.45) is 1.23. The number of carbonyl (C=O) groups is 3. The number of thioether (sulfide) groups is 1. The van der Waals surface area contributed by atoms with E-state index < -0.39 is 0 Å². The van der Waals surface area contributed by atoms with Gasteiger partial charge in [0.2, 0.25) is 17.7 Å². The van der Waals surface area contributed by atoms with Gasteiger partial charge in [-0.25, -0.2) is 0 Å². The van der Waals surface area contributed by atoms with E-state index in [4.69, 9.17) is 10.5 Å². The number of nitrogens with two attached hydrogens (primary N) is 1. The van der Waals surface area contributed by atoms with Crippen LogP contribution < -0.4 is 15.8 Å². The normalized spacial score (nSPS) is 14.8. The van der Waals surface area contributed by atoms with E-state index >= 15 is 0 Å². The molecule has 0 saturated carbocycles. The zero-order chi connectivity index (χ0) is 18.2. The van der Waals surface area contributed by atoms with E-state index in [-0.39, 0.29) is 35.1 Å². The molecule has 0 aliphatic carbocycles. The molecular weight excluding hydrogens is 342 g/mol. The van der Waals surface area contributed by atoms with Crippen LogP contribution in [0.5, 0.6) is 5.75 Å². The van der Waals surface area contributed by atoms with Gasteiger partial charge in [0.1, 0.15) is 5.75 Å². The molecule has 1 fully saturated rings. The predicted molar refractivity (Wildman–Crippen MR) is 97.4 cm³/mol. The van der Waals surface area contributed by atoms with E-state index in [9.17, 15) is 14.4 Å².